The highest BCUT2D eigenvalue weighted by atomic mass is 16.1. The Labute approximate surface area is 160 Å². The highest BCUT2D eigenvalue weighted by Gasteiger charge is 2.16. The Morgan fingerprint density at radius 1 is 0.679 bits per heavy atom. The summed E-state index contributed by atoms with van der Waals surface area (Å²) in [4.78, 5) is 30.9. The van der Waals surface area contributed by atoms with Gasteiger partial charge in [-0.3, -0.25) is 9.59 Å². The first kappa shape index (κ1) is 16.7. The Kier molecular flexibility index (Phi) is 3.59. The van der Waals surface area contributed by atoms with Crippen molar-refractivity contribution >= 4 is 43.6 Å². The van der Waals surface area contributed by atoms with E-state index < -0.39 is 0 Å². The molecule has 0 amide bonds. The van der Waals surface area contributed by atoms with Gasteiger partial charge in [-0.2, -0.15) is 0 Å². The molecule has 5 nitrogen and oxygen atoms in total. The van der Waals surface area contributed by atoms with Crippen molar-refractivity contribution in [3.8, 4) is 0 Å². The second-order valence-corrected chi connectivity index (χ2v) is 6.91. The van der Waals surface area contributed by atoms with Gasteiger partial charge in [0, 0.05) is 34.6 Å². The number of benzene rings is 2. The van der Waals surface area contributed by atoms with Crippen LogP contribution in [-0.4, -0.2) is 14.1 Å². The van der Waals surface area contributed by atoms with Gasteiger partial charge < -0.3 is 9.13 Å². The summed E-state index contributed by atoms with van der Waals surface area (Å²) in [6, 6.07) is 17.7. The second-order valence-electron chi connectivity index (χ2n) is 6.91. The predicted molar refractivity (Wildman–Crippen MR) is 114 cm³/mol. The van der Waals surface area contributed by atoms with Crippen LogP contribution in [0.25, 0.3) is 43.6 Å². The number of para-hydroxylation sites is 2. The normalized spacial score (nSPS) is 11.8. The molecule has 0 bridgehead atoms. The summed E-state index contributed by atoms with van der Waals surface area (Å²) in [7, 11) is 0. The number of nitrogens with zero attached hydrogens (tertiary/aromatic N) is 3. The van der Waals surface area contributed by atoms with Crippen molar-refractivity contribution < 1.29 is 0 Å². The van der Waals surface area contributed by atoms with Crippen LogP contribution in [0.5, 0.6) is 0 Å². The first-order chi connectivity index (χ1) is 13.7. The van der Waals surface area contributed by atoms with E-state index in [1.54, 1.807) is 9.13 Å². The topological polar surface area (TPSA) is 56.9 Å². The van der Waals surface area contributed by atoms with Crippen LogP contribution >= 0.6 is 0 Å². The van der Waals surface area contributed by atoms with E-state index in [9.17, 15) is 9.59 Å². The Morgan fingerprint density at radius 2 is 1.11 bits per heavy atom. The van der Waals surface area contributed by atoms with E-state index in [0.29, 0.717) is 24.1 Å². The number of hydrogen-bond acceptors (Lipinski definition) is 3. The molecule has 0 aliphatic carbocycles. The lowest BCUT2D eigenvalue weighted by Gasteiger charge is -2.14. The summed E-state index contributed by atoms with van der Waals surface area (Å²) >= 11 is 0. The molecule has 138 valence electrons. The fourth-order valence-corrected chi connectivity index (χ4v) is 4.23. The standard InChI is InChI=1S/C23H19N3O2/c1-3-25-18-11-7-5-9-14(18)16-13-17-15-10-6-8-12-19(15)26(4-2)23(28)21(17)24-20(16)22(25)27/h5-13H,3-4H2,1-2H3. The smallest absolute Gasteiger partial charge is 0.277 e. The maximum absolute atomic E-state index is 13.1. The van der Waals surface area contributed by atoms with E-state index in [0.717, 1.165) is 32.6 Å². The molecule has 2 aromatic carbocycles. The van der Waals surface area contributed by atoms with E-state index in [2.05, 4.69) is 4.98 Å². The third kappa shape index (κ3) is 2.10. The lowest BCUT2D eigenvalue weighted by atomic mass is 10.0. The Morgan fingerprint density at radius 3 is 1.54 bits per heavy atom. The zero-order valence-corrected chi connectivity index (χ0v) is 15.8. The minimum atomic E-state index is -0.159. The maximum atomic E-state index is 13.1. The molecule has 0 spiro atoms. The van der Waals surface area contributed by atoms with Crippen LogP contribution in [-0.2, 0) is 13.1 Å². The van der Waals surface area contributed by atoms with Crippen LogP contribution in [0.15, 0.2) is 64.2 Å². The molecule has 5 aromatic rings. The third-order valence-electron chi connectivity index (χ3n) is 5.52. The summed E-state index contributed by atoms with van der Waals surface area (Å²) in [5.74, 6) is 0. The van der Waals surface area contributed by atoms with Gasteiger partial charge in [0.25, 0.3) is 11.1 Å². The van der Waals surface area contributed by atoms with Gasteiger partial charge in [0.2, 0.25) is 0 Å². The van der Waals surface area contributed by atoms with E-state index in [-0.39, 0.29) is 11.1 Å². The fourth-order valence-electron chi connectivity index (χ4n) is 4.23. The van der Waals surface area contributed by atoms with Gasteiger partial charge in [0.05, 0.1) is 11.0 Å². The largest absolute Gasteiger partial charge is 0.307 e. The lowest BCUT2D eigenvalue weighted by Crippen LogP contribution is -2.24. The highest BCUT2D eigenvalue weighted by molar-refractivity contribution is 6.13. The Bertz CT molecular complexity index is 1410. The molecule has 0 aliphatic heterocycles. The molecule has 0 atom stereocenters. The van der Waals surface area contributed by atoms with Crippen molar-refractivity contribution in [1.82, 2.24) is 14.1 Å². The minimum Gasteiger partial charge on any atom is -0.307 e. The van der Waals surface area contributed by atoms with Crippen LogP contribution < -0.4 is 11.1 Å². The fraction of sp³-hybridized carbons (Fsp3) is 0.174. The highest BCUT2D eigenvalue weighted by Crippen LogP contribution is 2.28. The van der Waals surface area contributed by atoms with Gasteiger partial charge in [0.1, 0.15) is 11.0 Å². The number of hydrogen-bond donors (Lipinski definition) is 0. The maximum Gasteiger partial charge on any atom is 0.277 e. The average molecular weight is 369 g/mol. The van der Waals surface area contributed by atoms with E-state index >= 15 is 0 Å². The lowest BCUT2D eigenvalue weighted by molar-refractivity contribution is 0.762. The predicted octanol–water partition coefficient (Wildman–Crippen LogP) is 4.06. The minimum absolute atomic E-state index is 0.159. The summed E-state index contributed by atoms with van der Waals surface area (Å²) in [5, 5.41) is 3.52. The van der Waals surface area contributed by atoms with Crippen molar-refractivity contribution in [2.45, 2.75) is 26.9 Å². The van der Waals surface area contributed by atoms with Gasteiger partial charge in [-0.25, -0.2) is 4.98 Å². The molecule has 5 heteroatoms. The summed E-state index contributed by atoms with van der Waals surface area (Å²) < 4.78 is 3.44. The Hall–Kier alpha value is -3.47. The summed E-state index contributed by atoms with van der Waals surface area (Å²) in [6.07, 6.45) is 0. The molecular weight excluding hydrogens is 350 g/mol. The number of aromatic nitrogens is 3. The van der Waals surface area contributed by atoms with Crippen molar-refractivity contribution in [2.75, 3.05) is 0 Å². The van der Waals surface area contributed by atoms with Crippen LogP contribution in [0.3, 0.4) is 0 Å². The Balaban J connectivity index is 2.13. The van der Waals surface area contributed by atoms with Gasteiger partial charge in [0.15, 0.2) is 0 Å². The van der Waals surface area contributed by atoms with Crippen molar-refractivity contribution in [3.63, 3.8) is 0 Å². The van der Waals surface area contributed by atoms with E-state index in [4.69, 9.17) is 0 Å². The molecule has 0 unspecified atom stereocenters. The van der Waals surface area contributed by atoms with Crippen molar-refractivity contribution in [2.24, 2.45) is 0 Å². The molecule has 0 fully saturated rings. The molecule has 0 N–H and O–H groups in total. The number of rotatable bonds is 2. The van der Waals surface area contributed by atoms with Gasteiger partial charge in [-0.05, 0) is 32.0 Å². The van der Waals surface area contributed by atoms with Gasteiger partial charge in [-0.15, -0.1) is 0 Å². The molecule has 0 radical (unpaired) electrons. The first-order valence-electron chi connectivity index (χ1n) is 9.53. The van der Waals surface area contributed by atoms with Crippen LogP contribution in [0.4, 0.5) is 0 Å². The molecule has 3 aromatic heterocycles. The number of pyridine rings is 3. The SMILES string of the molecule is CCn1c(=O)c2nc3c(=O)n(CC)c4ccccc4c3cc2c2ccccc21. The monoisotopic (exact) mass is 369 g/mol. The van der Waals surface area contributed by atoms with Crippen LogP contribution in [0, 0.1) is 0 Å². The number of fused-ring (bicyclic) bond motifs is 6. The van der Waals surface area contributed by atoms with Crippen molar-refractivity contribution in [3.05, 3.63) is 75.3 Å². The second kappa shape index (κ2) is 6.02. The number of aryl methyl sites for hydroxylation is 2. The van der Waals surface area contributed by atoms with Gasteiger partial charge in [-0.1, -0.05) is 36.4 Å². The molecular formula is C23H19N3O2. The van der Waals surface area contributed by atoms with Crippen LogP contribution in [0.2, 0.25) is 0 Å². The van der Waals surface area contributed by atoms with Gasteiger partial charge >= 0.3 is 0 Å². The molecule has 0 aliphatic rings. The summed E-state index contributed by atoms with van der Waals surface area (Å²) in [5.41, 5.74) is 2.15. The average Bonchev–Trinajstić information content (AvgIpc) is 2.74. The van der Waals surface area contributed by atoms with E-state index in [1.165, 1.54) is 0 Å². The van der Waals surface area contributed by atoms with Crippen molar-refractivity contribution in [1.29, 1.82) is 0 Å². The summed E-state index contributed by atoms with van der Waals surface area (Å²) in [6.45, 7) is 4.98. The zero-order chi connectivity index (χ0) is 19.4. The third-order valence-corrected chi connectivity index (χ3v) is 5.52. The molecule has 3 heterocycles. The zero-order valence-electron chi connectivity index (χ0n) is 15.8. The molecule has 5 rings (SSSR count). The van der Waals surface area contributed by atoms with E-state index in [1.807, 2.05) is 68.4 Å². The molecule has 0 saturated carbocycles. The molecule has 28 heavy (non-hydrogen) atoms. The first-order valence-corrected chi connectivity index (χ1v) is 9.53. The quantitative estimate of drug-likeness (QED) is 0.348. The molecule has 0 saturated heterocycles. The van der Waals surface area contributed by atoms with Crippen LogP contribution in [0.1, 0.15) is 13.8 Å².